The Bertz CT molecular complexity index is 1180. The minimum Gasteiger partial charge on any atom is -0.477 e. The van der Waals surface area contributed by atoms with Gasteiger partial charge < -0.3 is 20.7 Å². The number of anilines is 2. The quantitative estimate of drug-likeness (QED) is 0.562. The van der Waals surface area contributed by atoms with Crippen LogP contribution in [0.1, 0.15) is 15.9 Å². The molecule has 0 aliphatic carbocycles. The number of primary amides is 1. The fourth-order valence-corrected chi connectivity index (χ4v) is 3.70. The van der Waals surface area contributed by atoms with E-state index >= 15 is 0 Å². The Hall–Kier alpha value is -3.84. The second-order valence-electron chi connectivity index (χ2n) is 7.29. The molecule has 4 rings (SSSR count). The number of nitrogens with zero attached hydrogens (tertiary/aromatic N) is 1. The number of ether oxygens (including phenoxy) is 1. The molecule has 0 spiro atoms. The second kappa shape index (κ2) is 9.11. The van der Waals surface area contributed by atoms with Crippen LogP contribution in [0.4, 0.5) is 11.4 Å². The molecule has 162 valence electrons. The fourth-order valence-electron chi connectivity index (χ4n) is 3.53. The van der Waals surface area contributed by atoms with Crippen molar-refractivity contribution in [3.63, 3.8) is 0 Å². The molecule has 0 fully saturated rings. The number of hydrogen-bond acceptors (Lipinski definition) is 5. The zero-order valence-electron chi connectivity index (χ0n) is 17.0. The summed E-state index contributed by atoms with van der Waals surface area (Å²) in [7, 11) is 0. The maximum Gasteiger partial charge on any atom is 0.260 e. The third-order valence-corrected chi connectivity index (χ3v) is 5.28. The number of para-hydroxylation sites is 2. The van der Waals surface area contributed by atoms with E-state index in [4.69, 9.17) is 22.1 Å². The van der Waals surface area contributed by atoms with Crippen LogP contribution in [-0.2, 0) is 9.59 Å². The van der Waals surface area contributed by atoms with Crippen LogP contribution in [0, 0.1) is 0 Å². The van der Waals surface area contributed by atoms with Crippen molar-refractivity contribution in [1.82, 2.24) is 0 Å². The monoisotopic (exact) mass is 449 g/mol. The highest BCUT2D eigenvalue weighted by Crippen LogP contribution is 2.33. The number of halogens is 1. The molecule has 1 aliphatic rings. The molecule has 32 heavy (non-hydrogen) atoms. The first-order chi connectivity index (χ1) is 15.4. The van der Waals surface area contributed by atoms with Gasteiger partial charge in [0.15, 0.2) is 11.9 Å². The largest absolute Gasteiger partial charge is 0.477 e. The zero-order valence-corrected chi connectivity index (χ0v) is 17.7. The van der Waals surface area contributed by atoms with Crippen molar-refractivity contribution >= 4 is 40.6 Å². The molecule has 3 aromatic rings. The van der Waals surface area contributed by atoms with Gasteiger partial charge in [0.1, 0.15) is 5.75 Å². The van der Waals surface area contributed by atoms with Gasteiger partial charge in [-0.05, 0) is 30.3 Å². The van der Waals surface area contributed by atoms with Crippen molar-refractivity contribution in [1.29, 1.82) is 0 Å². The Labute approximate surface area is 189 Å². The van der Waals surface area contributed by atoms with E-state index in [1.165, 1.54) is 6.07 Å². The lowest BCUT2D eigenvalue weighted by molar-refractivity contribution is -0.125. The van der Waals surface area contributed by atoms with Gasteiger partial charge in [-0.1, -0.05) is 54.1 Å². The molecule has 3 aromatic carbocycles. The Balaban J connectivity index is 1.56. The highest BCUT2D eigenvalue weighted by Gasteiger charge is 2.30. The molecule has 1 atom stereocenters. The molecule has 7 nitrogen and oxygen atoms in total. The van der Waals surface area contributed by atoms with E-state index in [1.807, 2.05) is 12.1 Å². The van der Waals surface area contributed by atoms with Crippen molar-refractivity contribution in [3.8, 4) is 5.75 Å². The van der Waals surface area contributed by atoms with E-state index in [2.05, 4.69) is 5.32 Å². The molecular formula is C24H20ClN3O4. The number of amides is 2. The molecule has 0 bridgehead atoms. The predicted molar refractivity (Wildman–Crippen MR) is 122 cm³/mol. The van der Waals surface area contributed by atoms with E-state index in [0.29, 0.717) is 27.7 Å². The Morgan fingerprint density at radius 3 is 2.50 bits per heavy atom. The Morgan fingerprint density at radius 1 is 1.03 bits per heavy atom. The van der Waals surface area contributed by atoms with E-state index in [0.717, 1.165) is 0 Å². The third kappa shape index (κ3) is 4.58. The molecule has 2 amide bonds. The summed E-state index contributed by atoms with van der Waals surface area (Å²) in [6, 6.07) is 20.6. The SMILES string of the molecule is NC(=O)[C@@H]1CN(CC(=O)Nc2ccc(Cl)cc2C(=O)c2ccccc2)c2ccccc2O1. The van der Waals surface area contributed by atoms with Gasteiger partial charge in [0.2, 0.25) is 5.91 Å². The average Bonchev–Trinajstić information content (AvgIpc) is 2.80. The van der Waals surface area contributed by atoms with E-state index < -0.39 is 12.0 Å². The van der Waals surface area contributed by atoms with Gasteiger partial charge in [-0.25, -0.2) is 0 Å². The number of nitrogens with one attached hydrogen (secondary N) is 1. The van der Waals surface area contributed by atoms with Crippen molar-refractivity contribution in [2.75, 3.05) is 23.3 Å². The zero-order chi connectivity index (χ0) is 22.7. The molecule has 0 unspecified atom stereocenters. The number of carbonyl (C=O) groups is 3. The first-order valence-electron chi connectivity index (χ1n) is 9.91. The number of rotatable bonds is 6. The van der Waals surface area contributed by atoms with Crippen molar-refractivity contribution in [2.45, 2.75) is 6.10 Å². The summed E-state index contributed by atoms with van der Waals surface area (Å²) < 4.78 is 5.63. The van der Waals surface area contributed by atoms with Crippen LogP contribution in [0.5, 0.6) is 5.75 Å². The highest BCUT2D eigenvalue weighted by atomic mass is 35.5. The summed E-state index contributed by atoms with van der Waals surface area (Å²) in [5, 5.41) is 3.18. The summed E-state index contributed by atoms with van der Waals surface area (Å²) in [4.78, 5) is 39.3. The third-order valence-electron chi connectivity index (χ3n) is 5.05. The van der Waals surface area contributed by atoms with Crippen LogP contribution in [-0.4, -0.2) is 36.8 Å². The summed E-state index contributed by atoms with van der Waals surface area (Å²) >= 11 is 6.11. The van der Waals surface area contributed by atoms with Gasteiger partial charge in [-0.3, -0.25) is 14.4 Å². The summed E-state index contributed by atoms with van der Waals surface area (Å²) in [5.74, 6) is -0.761. The number of fused-ring (bicyclic) bond motifs is 1. The molecule has 0 radical (unpaired) electrons. The Kier molecular flexibility index (Phi) is 6.09. The summed E-state index contributed by atoms with van der Waals surface area (Å²) in [6.45, 7) is 0.0714. The molecule has 0 saturated heterocycles. The smallest absolute Gasteiger partial charge is 0.260 e. The second-order valence-corrected chi connectivity index (χ2v) is 7.73. The molecule has 8 heteroatoms. The number of hydrogen-bond donors (Lipinski definition) is 2. The first-order valence-corrected chi connectivity index (χ1v) is 10.3. The van der Waals surface area contributed by atoms with E-state index in [-0.39, 0.29) is 30.3 Å². The van der Waals surface area contributed by atoms with Crippen LogP contribution in [0.3, 0.4) is 0 Å². The van der Waals surface area contributed by atoms with Crippen LogP contribution in [0.25, 0.3) is 0 Å². The number of ketones is 1. The van der Waals surface area contributed by atoms with Crippen molar-refractivity contribution in [2.24, 2.45) is 5.73 Å². The number of benzene rings is 3. The van der Waals surface area contributed by atoms with Gasteiger partial charge in [0.25, 0.3) is 5.91 Å². The molecule has 1 aliphatic heterocycles. The molecule has 0 saturated carbocycles. The number of carbonyl (C=O) groups excluding carboxylic acids is 3. The molecule has 1 heterocycles. The molecule has 3 N–H and O–H groups in total. The van der Waals surface area contributed by atoms with E-state index in [1.54, 1.807) is 59.5 Å². The first kappa shape index (κ1) is 21.4. The van der Waals surface area contributed by atoms with Crippen molar-refractivity contribution in [3.05, 3.63) is 88.9 Å². The van der Waals surface area contributed by atoms with Gasteiger partial charge in [0.05, 0.1) is 24.5 Å². The lowest BCUT2D eigenvalue weighted by Crippen LogP contribution is -2.49. The van der Waals surface area contributed by atoms with Gasteiger partial charge >= 0.3 is 0 Å². The van der Waals surface area contributed by atoms with Crippen LogP contribution in [0.2, 0.25) is 5.02 Å². The minimum absolute atomic E-state index is 0.0637. The van der Waals surface area contributed by atoms with Crippen LogP contribution in [0.15, 0.2) is 72.8 Å². The standard InChI is InChI=1S/C24H20ClN3O4/c25-16-10-11-18(17(12-16)23(30)15-6-2-1-3-7-15)27-22(29)14-28-13-21(24(26)31)32-20-9-5-4-8-19(20)28/h1-12,21H,13-14H2,(H2,26,31)(H,27,29)/t21-/m0/s1. The summed E-state index contributed by atoms with van der Waals surface area (Å²) in [6.07, 6.45) is -0.872. The fraction of sp³-hybridized carbons (Fsp3) is 0.125. The van der Waals surface area contributed by atoms with Gasteiger partial charge in [0, 0.05) is 16.1 Å². The Morgan fingerprint density at radius 2 is 1.75 bits per heavy atom. The average molecular weight is 450 g/mol. The van der Waals surface area contributed by atoms with Gasteiger partial charge in [-0.2, -0.15) is 0 Å². The maximum absolute atomic E-state index is 13.0. The topological polar surface area (TPSA) is 102 Å². The van der Waals surface area contributed by atoms with E-state index in [9.17, 15) is 14.4 Å². The molecule has 0 aromatic heterocycles. The minimum atomic E-state index is -0.872. The predicted octanol–water partition coefficient (Wildman–Crippen LogP) is 3.26. The lowest BCUT2D eigenvalue weighted by atomic mass is 10.0. The summed E-state index contributed by atoms with van der Waals surface area (Å²) in [5.41, 5.74) is 7.22. The normalized spacial score (nSPS) is 14.8. The van der Waals surface area contributed by atoms with Gasteiger partial charge in [-0.15, -0.1) is 0 Å². The van der Waals surface area contributed by atoms with Crippen molar-refractivity contribution < 1.29 is 19.1 Å². The lowest BCUT2D eigenvalue weighted by Gasteiger charge is -2.34. The molecular weight excluding hydrogens is 430 g/mol. The maximum atomic E-state index is 13.0. The number of nitrogens with two attached hydrogens (primary N) is 1. The highest BCUT2D eigenvalue weighted by molar-refractivity contribution is 6.31. The van der Waals surface area contributed by atoms with Crippen LogP contribution >= 0.6 is 11.6 Å². The van der Waals surface area contributed by atoms with Crippen LogP contribution < -0.4 is 20.7 Å².